The fourth-order valence-electron chi connectivity index (χ4n) is 1.30. The van der Waals surface area contributed by atoms with E-state index < -0.39 is 0 Å². The third kappa shape index (κ3) is 1.45. The summed E-state index contributed by atoms with van der Waals surface area (Å²) in [5.41, 5.74) is 2.16. The van der Waals surface area contributed by atoms with Gasteiger partial charge in [-0.1, -0.05) is 18.5 Å². The zero-order valence-corrected chi connectivity index (χ0v) is 9.17. The Bertz CT molecular complexity index is 447. The lowest BCUT2D eigenvalue weighted by Gasteiger charge is -1.96. The van der Waals surface area contributed by atoms with Crippen LogP contribution in [-0.2, 0) is 6.42 Å². The van der Waals surface area contributed by atoms with E-state index >= 15 is 0 Å². The van der Waals surface area contributed by atoms with Crippen LogP contribution in [0.1, 0.15) is 17.5 Å². The molecule has 0 atom stereocenters. The smallest absolute Gasteiger partial charge is 0.0935 e. The van der Waals surface area contributed by atoms with Crippen molar-refractivity contribution in [3.8, 4) is 0 Å². The number of thiazole rings is 1. The zero-order valence-electron chi connectivity index (χ0n) is 7.60. The first-order valence-corrected chi connectivity index (χ1v) is 5.46. The monoisotopic (exact) mass is 211 g/mol. The van der Waals surface area contributed by atoms with E-state index in [4.69, 9.17) is 11.6 Å². The number of fused-ring (bicyclic) bond motifs is 1. The Morgan fingerprint density at radius 3 is 2.92 bits per heavy atom. The quantitative estimate of drug-likeness (QED) is 0.699. The molecule has 68 valence electrons. The Morgan fingerprint density at radius 2 is 2.23 bits per heavy atom. The maximum Gasteiger partial charge on any atom is 0.0935 e. The lowest BCUT2D eigenvalue weighted by Crippen LogP contribution is -1.79. The largest absolute Gasteiger partial charge is 0.241 e. The minimum Gasteiger partial charge on any atom is -0.241 e. The number of nitrogens with zero attached hydrogens (tertiary/aromatic N) is 1. The fraction of sp³-hybridized carbons (Fsp3) is 0.300. The molecule has 0 radical (unpaired) electrons. The molecule has 0 aliphatic heterocycles. The number of hydrogen-bond donors (Lipinski definition) is 0. The van der Waals surface area contributed by atoms with Gasteiger partial charge >= 0.3 is 0 Å². The summed E-state index contributed by atoms with van der Waals surface area (Å²) in [6.45, 7) is 4.14. The average molecular weight is 212 g/mol. The van der Waals surface area contributed by atoms with Gasteiger partial charge in [0.2, 0.25) is 0 Å². The molecule has 0 unspecified atom stereocenters. The van der Waals surface area contributed by atoms with Crippen molar-refractivity contribution in [1.29, 1.82) is 0 Å². The highest BCUT2D eigenvalue weighted by Crippen LogP contribution is 2.29. The first-order chi connectivity index (χ1) is 6.22. The third-order valence-corrected chi connectivity index (χ3v) is 3.67. The van der Waals surface area contributed by atoms with Crippen LogP contribution < -0.4 is 0 Å². The standard InChI is InChI=1S/C10H10ClNS/c1-3-9-12-10-6(2)7(11)4-5-8(10)13-9/h4-5H,3H2,1-2H3. The minimum atomic E-state index is 0.806. The molecule has 1 heterocycles. The van der Waals surface area contributed by atoms with Gasteiger partial charge in [-0.25, -0.2) is 4.98 Å². The highest BCUT2D eigenvalue weighted by molar-refractivity contribution is 7.18. The Balaban J connectivity index is 2.76. The van der Waals surface area contributed by atoms with Crippen LogP contribution in [0.3, 0.4) is 0 Å². The first-order valence-electron chi connectivity index (χ1n) is 4.27. The van der Waals surface area contributed by atoms with Crippen LogP contribution in [0, 0.1) is 6.92 Å². The van der Waals surface area contributed by atoms with E-state index in [1.807, 2.05) is 19.1 Å². The Kier molecular flexibility index (Phi) is 2.26. The molecule has 0 amide bonds. The van der Waals surface area contributed by atoms with Crippen molar-refractivity contribution in [3.05, 3.63) is 27.7 Å². The van der Waals surface area contributed by atoms with Crippen LogP contribution >= 0.6 is 22.9 Å². The molecule has 0 bridgehead atoms. The van der Waals surface area contributed by atoms with Crippen molar-refractivity contribution in [2.75, 3.05) is 0 Å². The molecular weight excluding hydrogens is 202 g/mol. The molecule has 0 aliphatic carbocycles. The Hall–Kier alpha value is -0.600. The molecular formula is C10H10ClNS. The van der Waals surface area contributed by atoms with Crippen LogP contribution in [-0.4, -0.2) is 4.98 Å². The predicted octanol–water partition coefficient (Wildman–Crippen LogP) is 3.82. The van der Waals surface area contributed by atoms with Gasteiger partial charge in [0, 0.05) is 5.02 Å². The van der Waals surface area contributed by atoms with Crippen molar-refractivity contribution in [3.63, 3.8) is 0 Å². The summed E-state index contributed by atoms with van der Waals surface area (Å²) in [6.07, 6.45) is 0.996. The van der Waals surface area contributed by atoms with Crippen molar-refractivity contribution in [1.82, 2.24) is 4.98 Å². The molecule has 1 aromatic heterocycles. The number of hydrogen-bond acceptors (Lipinski definition) is 2. The lowest BCUT2D eigenvalue weighted by atomic mass is 10.2. The van der Waals surface area contributed by atoms with E-state index in [0.29, 0.717) is 0 Å². The summed E-state index contributed by atoms with van der Waals surface area (Å²) in [4.78, 5) is 4.53. The second-order valence-corrected chi connectivity index (χ2v) is 4.50. The second-order valence-electron chi connectivity index (χ2n) is 2.98. The molecule has 1 nitrogen and oxygen atoms in total. The Morgan fingerprint density at radius 1 is 1.46 bits per heavy atom. The van der Waals surface area contributed by atoms with E-state index in [-0.39, 0.29) is 0 Å². The molecule has 0 spiro atoms. The maximum absolute atomic E-state index is 6.00. The van der Waals surface area contributed by atoms with Crippen LogP contribution in [0.15, 0.2) is 12.1 Å². The highest BCUT2D eigenvalue weighted by atomic mass is 35.5. The van der Waals surface area contributed by atoms with E-state index in [1.54, 1.807) is 11.3 Å². The summed E-state index contributed by atoms with van der Waals surface area (Å²) < 4.78 is 1.23. The summed E-state index contributed by atoms with van der Waals surface area (Å²) >= 11 is 7.76. The van der Waals surface area contributed by atoms with E-state index in [2.05, 4.69) is 11.9 Å². The zero-order chi connectivity index (χ0) is 9.42. The molecule has 0 fully saturated rings. The molecule has 0 aliphatic rings. The number of rotatable bonds is 1. The van der Waals surface area contributed by atoms with Crippen LogP contribution in [0.2, 0.25) is 5.02 Å². The van der Waals surface area contributed by atoms with Gasteiger partial charge < -0.3 is 0 Å². The van der Waals surface area contributed by atoms with E-state index in [0.717, 1.165) is 22.5 Å². The maximum atomic E-state index is 6.00. The van der Waals surface area contributed by atoms with Crippen LogP contribution in [0.25, 0.3) is 10.2 Å². The van der Waals surface area contributed by atoms with Crippen LogP contribution in [0.5, 0.6) is 0 Å². The van der Waals surface area contributed by atoms with Crippen LogP contribution in [0.4, 0.5) is 0 Å². The molecule has 2 aromatic rings. The number of halogens is 1. The molecule has 1 aromatic carbocycles. The topological polar surface area (TPSA) is 12.9 Å². The molecule has 0 saturated heterocycles. The molecule has 3 heteroatoms. The van der Waals surface area contributed by atoms with Crippen molar-refractivity contribution < 1.29 is 0 Å². The minimum absolute atomic E-state index is 0.806. The van der Waals surface area contributed by atoms with Gasteiger partial charge in [0.15, 0.2) is 0 Å². The van der Waals surface area contributed by atoms with Gasteiger partial charge in [0.1, 0.15) is 0 Å². The van der Waals surface area contributed by atoms with Gasteiger partial charge in [0.25, 0.3) is 0 Å². The fourth-order valence-corrected chi connectivity index (χ4v) is 2.42. The van der Waals surface area contributed by atoms with Gasteiger partial charge in [0.05, 0.1) is 15.2 Å². The summed E-state index contributed by atoms with van der Waals surface area (Å²) in [5.74, 6) is 0. The van der Waals surface area contributed by atoms with Gasteiger partial charge in [-0.3, -0.25) is 0 Å². The van der Waals surface area contributed by atoms with Crippen molar-refractivity contribution in [2.24, 2.45) is 0 Å². The van der Waals surface area contributed by atoms with E-state index in [1.165, 1.54) is 9.71 Å². The second kappa shape index (κ2) is 3.28. The number of aryl methyl sites for hydroxylation is 2. The molecule has 13 heavy (non-hydrogen) atoms. The van der Waals surface area contributed by atoms with E-state index in [9.17, 15) is 0 Å². The molecule has 0 saturated carbocycles. The molecule has 2 rings (SSSR count). The number of aromatic nitrogens is 1. The van der Waals surface area contributed by atoms with Gasteiger partial charge in [-0.05, 0) is 31.0 Å². The number of benzene rings is 1. The summed E-state index contributed by atoms with van der Waals surface area (Å²) in [5, 5.41) is 1.99. The average Bonchev–Trinajstić information content (AvgIpc) is 2.55. The molecule has 0 N–H and O–H groups in total. The summed E-state index contributed by atoms with van der Waals surface area (Å²) in [6, 6.07) is 3.98. The SMILES string of the molecule is CCc1nc2c(C)c(Cl)ccc2s1. The highest BCUT2D eigenvalue weighted by Gasteiger charge is 2.06. The van der Waals surface area contributed by atoms with Gasteiger partial charge in [-0.2, -0.15) is 0 Å². The first kappa shape index (κ1) is 8.97. The third-order valence-electron chi connectivity index (χ3n) is 2.09. The Labute approximate surface area is 86.4 Å². The van der Waals surface area contributed by atoms with Crippen molar-refractivity contribution in [2.45, 2.75) is 20.3 Å². The summed E-state index contributed by atoms with van der Waals surface area (Å²) in [7, 11) is 0. The lowest BCUT2D eigenvalue weighted by molar-refractivity contribution is 1.11. The van der Waals surface area contributed by atoms with Gasteiger partial charge in [-0.15, -0.1) is 11.3 Å². The predicted molar refractivity (Wildman–Crippen MR) is 58.7 cm³/mol. The normalized spacial score (nSPS) is 11.0. The van der Waals surface area contributed by atoms with Crippen molar-refractivity contribution >= 4 is 33.2 Å².